The third kappa shape index (κ3) is 3.64. The van der Waals surface area contributed by atoms with Crippen LogP contribution in [0.3, 0.4) is 0 Å². The number of hydrogen-bond acceptors (Lipinski definition) is 5. The van der Waals surface area contributed by atoms with Crippen LogP contribution in [0.5, 0.6) is 5.75 Å². The molecule has 27 heavy (non-hydrogen) atoms. The van der Waals surface area contributed by atoms with Gasteiger partial charge in [-0.15, -0.1) is 5.10 Å². The molecule has 0 unspecified atom stereocenters. The number of benzene rings is 1. The van der Waals surface area contributed by atoms with Gasteiger partial charge in [-0.05, 0) is 42.8 Å². The van der Waals surface area contributed by atoms with Crippen molar-refractivity contribution in [3.8, 4) is 5.75 Å². The number of nitrogens with zero attached hydrogens (tertiary/aromatic N) is 5. The normalized spacial score (nSPS) is 14.1. The average molecular weight is 367 g/mol. The molecule has 0 saturated carbocycles. The summed E-state index contributed by atoms with van der Waals surface area (Å²) in [5, 5.41) is 8.22. The fraction of sp³-hybridized carbons (Fsp3) is 0.263. The van der Waals surface area contributed by atoms with Gasteiger partial charge in [-0.3, -0.25) is 9.78 Å². The van der Waals surface area contributed by atoms with Crippen molar-refractivity contribution in [3.63, 3.8) is 0 Å². The fourth-order valence-corrected chi connectivity index (χ4v) is 2.89. The van der Waals surface area contributed by atoms with Crippen LogP contribution < -0.4 is 4.74 Å². The molecule has 138 valence electrons. The van der Waals surface area contributed by atoms with Crippen LogP contribution in [0.1, 0.15) is 27.7 Å². The van der Waals surface area contributed by atoms with Crippen LogP contribution in [-0.4, -0.2) is 43.9 Å². The van der Waals surface area contributed by atoms with E-state index < -0.39 is 0 Å². The molecule has 0 bridgehead atoms. The van der Waals surface area contributed by atoms with Gasteiger partial charge in [0.2, 0.25) is 0 Å². The Morgan fingerprint density at radius 3 is 2.78 bits per heavy atom. The number of ether oxygens (including phenoxy) is 1. The maximum absolute atomic E-state index is 12.9. The molecule has 0 atom stereocenters. The minimum atomic E-state index is -0.307. The Balaban J connectivity index is 1.32. The van der Waals surface area contributed by atoms with Crippen molar-refractivity contribution in [2.75, 3.05) is 13.1 Å². The van der Waals surface area contributed by atoms with Gasteiger partial charge in [-0.1, -0.05) is 5.21 Å². The van der Waals surface area contributed by atoms with Crippen LogP contribution in [0.15, 0.2) is 48.9 Å². The molecule has 0 aliphatic carbocycles. The number of carbonyl (C=O) groups excluding carboxylic acids is 1. The van der Waals surface area contributed by atoms with Crippen LogP contribution in [0.4, 0.5) is 4.39 Å². The van der Waals surface area contributed by atoms with Crippen molar-refractivity contribution in [1.29, 1.82) is 0 Å². The van der Waals surface area contributed by atoms with Crippen LogP contribution in [-0.2, 0) is 6.61 Å². The van der Waals surface area contributed by atoms with Crippen LogP contribution >= 0.6 is 0 Å². The summed E-state index contributed by atoms with van der Waals surface area (Å²) in [5.41, 5.74) is 2.22. The Bertz CT molecular complexity index is 951. The molecule has 0 spiro atoms. The molecule has 8 heteroatoms. The zero-order valence-corrected chi connectivity index (χ0v) is 14.7. The molecular weight excluding hydrogens is 349 g/mol. The number of carbonyl (C=O) groups is 1. The maximum Gasteiger partial charge on any atom is 0.255 e. The summed E-state index contributed by atoms with van der Waals surface area (Å²) in [6.07, 6.45) is 5.09. The summed E-state index contributed by atoms with van der Waals surface area (Å²) in [5.74, 6) is 0.244. The van der Waals surface area contributed by atoms with Crippen molar-refractivity contribution in [1.82, 2.24) is 24.9 Å². The van der Waals surface area contributed by atoms with Crippen molar-refractivity contribution in [2.24, 2.45) is 0 Å². The monoisotopic (exact) mass is 367 g/mol. The van der Waals surface area contributed by atoms with E-state index in [1.54, 1.807) is 34.1 Å². The van der Waals surface area contributed by atoms with Gasteiger partial charge in [-0.2, -0.15) is 0 Å². The fourth-order valence-electron chi connectivity index (χ4n) is 2.89. The molecule has 1 saturated heterocycles. The van der Waals surface area contributed by atoms with E-state index in [-0.39, 0.29) is 24.4 Å². The quantitative estimate of drug-likeness (QED) is 0.692. The highest BCUT2D eigenvalue weighted by Crippen LogP contribution is 2.23. The molecule has 1 aliphatic rings. The lowest BCUT2D eigenvalue weighted by atomic mass is 10.1. The highest BCUT2D eigenvalue weighted by Gasteiger charge is 2.33. The highest BCUT2D eigenvalue weighted by atomic mass is 19.1. The summed E-state index contributed by atoms with van der Waals surface area (Å²) in [6, 6.07) is 7.74. The number of rotatable bonds is 5. The highest BCUT2D eigenvalue weighted by molar-refractivity contribution is 5.95. The minimum absolute atomic E-state index is 0.0168. The Hall–Kier alpha value is -3.29. The van der Waals surface area contributed by atoms with Crippen LogP contribution in [0.25, 0.3) is 0 Å². The third-order valence-corrected chi connectivity index (χ3v) is 4.55. The molecule has 1 aromatic carbocycles. The smallest absolute Gasteiger partial charge is 0.255 e. The summed E-state index contributed by atoms with van der Waals surface area (Å²) >= 11 is 0. The van der Waals surface area contributed by atoms with Gasteiger partial charge in [0.25, 0.3) is 5.91 Å². The van der Waals surface area contributed by atoms with E-state index >= 15 is 0 Å². The zero-order valence-electron chi connectivity index (χ0n) is 14.7. The molecule has 3 aromatic rings. The molecule has 4 rings (SSSR count). The number of hydrogen-bond donors (Lipinski definition) is 0. The Morgan fingerprint density at radius 2 is 2.04 bits per heavy atom. The Morgan fingerprint density at radius 1 is 1.26 bits per heavy atom. The van der Waals surface area contributed by atoms with Crippen LogP contribution in [0, 0.1) is 12.7 Å². The third-order valence-electron chi connectivity index (χ3n) is 4.55. The lowest BCUT2D eigenvalue weighted by Gasteiger charge is -2.39. The first-order chi connectivity index (χ1) is 13.1. The van der Waals surface area contributed by atoms with Gasteiger partial charge in [0.15, 0.2) is 0 Å². The second-order valence-corrected chi connectivity index (χ2v) is 6.49. The minimum Gasteiger partial charge on any atom is -0.487 e. The standard InChI is InChI=1S/C19H18FN5O2/c1-13-6-7-21-8-18(13)19(26)24-10-16(11-24)25-9-15(22-23-25)12-27-17-4-2-14(20)3-5-17/h2-9,16H,10-12H2,1H3. The van der Waals surface area contributed by atoms with E-state index in [9.17, 15) is 9.18 Å². The summed E-state index contributed by atoms with van der Waals surface area (Å²) in [7, 11) is 0. The zero-order chi connectivity index (χ0) is 18.8. The van der Waals surface area contributed by atoms with Gasteiger partial charge >= 0.3 is 0 Å². The predicted molar refractivity (Wildman–Crippen MR) is 94.7 cm³/mol. The van der Waals surface area contributed by atoms with Crippen molar-refractivity contribution in [2.45, 2.75) is 19.6 Å². The first kappa shape index (κ1) is 17.1. The molecular formula is C19H18FN5O2. The first-order valence-electron chi connectivity index (χ1n) is 8.59. The number of amides is 1. The largest absolute Gasteiger partial charge is 0.487 e. The average Bonchev–Trinajstić information content (AvgIpc) is 3.09. The van der Waals surface area contributed by atoms with Crippen molar-refractivity contribution >= 4 is 5.91 Å². The predicted octanol–water partition coefficient (Wildman–Crippen LogP) is 2.40. The lowest BCUT2D eigenvalue weighted by Crippen LogP contribution is -2.51. The van der Waals surface area contributed by atoms with Gasteiger partial charge in [0.05, 0.1) is 17.8 Å². The number of aromatic nitrogens is 4. The van der Waals surface area contributed by atoms with E-state index in [4.69, 9.17) is 4.74 Å². The number of pyridine rings is 1. The van der Waals surface area contributed by atoms with E-state index in [2.05, 4.69) is 15.3 Å². The molecule has 2 aromatic heterocycles. The van der Waals surface area contributed by atoms with E-state index in [0.717, 1.165) is 5.56 Å². The van der Waals surface area contributed by atoms with E-state index in [1.165, 1.54) is 12.1 Å². The topological polar surface area (TPSA) is 73.1 Å². The molecule has 7 nitrogen and oxygen atoms in total. The maximum atomic E-state index is 12.9. The summed E-state index contributed by atoms with van der Waals surface area (Å²) in [4.78, 5) is 18.3. The second-order valence-electron chi connectivity index (χ2n) is 6.49. The molecule has 1 aliphatic heterocycles. The van der Waals surface area contributed by atoms with Gasteiger partial charge in [0, 0.05) is 25.5 Å². The molecule has 3 heterocycles. The van der Waals surface area contributed by atoms with Gasteiger partial charge < -0.3 is 9.64 Å². The summed E-state index contributed by atoms with van der Waals surface area (Å²) < 4.78 is 20.2. The Labute approximate surface area is 155 Å². The Kier molecular flexibility index (Phi) is 4.53. The van der Waals surface area contributed by atoms with Gasteiger partial charge in [0.1, 0.15) is 23.9 Å². The SMILES string of the molecule is Cc1ccncc1C(=O)N1CC(n2cc(COc3ccc(F)cc3)nn2)C1. The molecule has 1 fully saturated rings. The first-order valence-corrected chi connectivity index (χ1v) is 8.59. The van der Waals surface area contributed by atoms with Gasteiger partial charge in [-0.25, -0.2) is 9.07 Å². The number of aryl methyl sites for hydroxylation is 1. The van der Waals surface area contributed by atoms with E-state index in [0.29, 0.717) is 30.1 Å². The lowest BCUT2D eigenvalue weighted by molar-refractivity contribution is 0.0497. The molecule has 0 radical (unpaired) electrons. The van der Waals surface area contributed by atoms with Crippen molar-refractivity contribution in [3.05, 3.63) is 71.6 Å². The van der Waals surface area contributed by atoms with E-state index in [1.807, 2.05) is 19.2 Å². The molecule has 0 N–H and O–H groups in total. The number of likely N-dealkylation sites (tertiary alicyclic amines) is 1. The molecule has 1 amide bonds. The van der Waals surface area contributed by atoms with Crippen LogP contribution in [0.2, 0.25) is 0 Å². The number of halogens is 1. The summed E-state index contributed by atoms with van der Waals surface area (Å²) in [6.45, 7) is 3.30. The van der Waals surface area contributed by atoms with Crippen molar-refractivity contribution < 1.29 is 13.9 Å². The second kappa shape index (κ2) is 7.14.